The average molecular weight is 1200 g/mol. The molecule has 0 unspecified atom stereocenters. The number of carbonyl (C=O) groups is 1. The third-order valence-corrected chi connectivity index (χ3v) is 19.7. The molecule has 9 aromatic rings. The Balaban J connectivity index is 0.000000137. The molecule has 6 heterocycles. The number of aromatic nitrogens is 3. The molecule has 25 heteroatoms. The second-order valence-corrected chi connectivity index (χ2v) is 25.1. The molecule has 0 fully saturated rings. The maximum absolute atomic E-state index is 13.6. The van der Waals surface area contributed by atoms with E-state index in [4.69, 9.17) is 59.3 Å². The summed E-state index contributed by atoms with van der Waals surface area (Å²) in [7, 11) is -11.8. The monoisotopic (exact) mass is 1200 g/mol. The number of H-pyrrole nitrogens is 1. The van der Waals surface area contributed by atoms with Gasteiger partial charge in [-0.05, 0) is 103 Å². The number of benzene rings is 6. The standard InChI is InChI=1S/C20H14ClN3O4S.2C18H12ClN3O3S/c1-12(25)28-20-17-9-14(21)10-19(16(17)5-7-23-20)29(26,27)24-8-6-13-3-4-15(22-2)11-18(13)24;1-20-15-3-2-12-4-7-22(17(12)10-15)26(24,25)18-9-14(19)8-13-11-21(23)6-5-16(13)18;1-20-13-3-2-11-5-7-22(16(11)10-13)26(24,25)17-9-12(19)8-15-14(17)4-6-21-18(15)23/h3-5,7,9-11H,6,8H2,1H3;2-3,5-6,8-11H,4,7H2;2-4,6,8-10H,5,7H2,(H,21,23). The number of esters is 1. The number of anilines is 3. The number of rotatable bonds is 7. The summed E-state index contributed by atoms with van der Waals surface area (Å²) in [5, 5.41) is 14.2. The van der Waals surface area contributed by atoms with Crippen LogP contribution in [-0.2, 0) is 54.1 Å². The van der Waals surface area contributed by atoms with Gasteiger partial charge in [0.15, 0.2) is 29.5 Å². The van der Waals surface area contributed by atoms with Crippen molar-refractivity contribution in [1.29, 1.82) is 0 Å². The van der Waals surface area contributed by atoms with Crippen molar-refractivity contribution in [2.75, 3.05) is 32.5 Å². The maximum atomic E-state index is 13.6. The minimum Gasteiger partial charge on any atom is -0.619 e. The first kappa shape index (κ1) is 55.5. The largest absolute Gasteiger partial charge is 0.619 e. The summed E-state index contributed by atoms with van der Waals surface area (Å²) in [5.41, 5.74) is 4.82. The number of nitrogens with one attached hydrogen (secondary N) is 1. The number of pyridine rings is 3. The first-order chi connectivity index (χ1) is 38.6. The van der Waals surface area contributed by atoms with Crippen molar-refractivity contribution in [3.05, 3.63) is 216 Å². The quantitative estimate of drug-likeness (QED) is 0.0683. The summed E-state index contributed by atoms with van der Waals surface area (Å²) in [4.78, 5) is 40.1. The lowest BCUT2D eigenvalue weighted by atomic mass is 10.1. The third kappa shape index (κ3) is 10.5. The number of nitrogens with zero attached hydrogens (tertiary/aromatic N) is 8. The Labute approximate surface area is 478 Å². The zero-order valence-electron chi connectivity index (χ0n) is 42.0. The Morgan fingerprint density at radius 3 is 1.48 bits per heavy atom. The number of sulfonamides is 3. The number of carbonyl (C=O) groups excluding carboxylic acids is 1. The van der Waals surface area contributed by atoms with Crippen LogP contribution in [0.1, 0.15) is 23.6 Å². The Kier molecular flexibility index (Phi) is 14.9. The van der Waals surface area contributed by atoms with Crippen LogP contribution < -0.4 is 27.9 Å². The SMILES string of the molecule is [C-]#[N+]c1ccc2c(c1)N(S(=O)(=O)c1cc(Cl)cc3c(=O)[nH]ccc13)CC2.[C-]#[N+]c1ccc2c(c1)N(S(=O)(=O)c1cc(Cl)cc3c(OC(C)=O)nccc13)CC2.[C-]#[N+]c1ccc2c(c1)N(S(=O)(=O)c1cc(Cl)cc3c[n+]([O-])ccc13)CC2. The molecule has 0 amide bonds. The van der Waals surface area contributed by atoms with Gasteiger partial charge in [0, 0.05) is 109 Å². The molecule has 406 valence electrons. The van der Waals surface area contributed by atoms with Crippen LogP contribution in [0.2, 0.25) is 15.1 Å². The zero-order valence-corrected chi connectivity index (χ0v) is 46.7. The molecule has 0 saturated heterocycles. The molecule has 19 nitrogen and oxygen atoms in total. The summed E-state index contributed by atoms with van der Waals surface area (Å²) < 4.78 is 90.1. The van der Waals surface area contributed by atoms with Gasteiger partial charge >= 0.3 is 5.97 Å². The minimum atomic E-state index is -3.99. The fraction of sp³-hybridized carbons (Fsp3) is 0.125. The summed E-state index contributed by atoms with van der Waals surface area (Å²) in [5.74, 6) is -0.583. The van der Waals surface area contributed by atoms with E-state index in [1.54, 1.807) is 66.7 Å². The normalized spacial score (nSPS) is 13.5. The number of hydrogen-bond donors (Lipinski definition) is 1. The van der Waals surface area contributed by atoms with Crippen LogP contribution in [0, 0.1) is 24.9 Å². The lowest BCUT2D eigenvalue weighted by Gasteiger charge is -2.21. The molecule has 0 atom stereocenters. The van der Waals surface area contributed by atoms with Crippen LogP contribution in [-0.4, -0.2) is 60.8 Å². The van der Waals surface area contributed by atoms with Gasteiger partial charge in [0.1, 0.15) is 0 Å². The van der Waals surface area contributed by atoms with E-state index in [-0.39, 0.29) is 54.1 Å². The van der Waals surface area contributed by atoms with Crippen LogP contribution in [0.15, 0.2) is 153 Å². The van der Waals surface area contributed by atoms with Crippen molar-refractivity contribution in [3.8, 4) is 5.88 Å². The van der Waals surface area contributed by atoms with Crippen molar-refractivity contribution in [3.63, 3.8) is 0 Å². The molecule has 0 aliphatic carbocycles. The van der Waals surface area contributed by atoms with Crippen LogP contribution in [0.3, 0.4) is 0 Å². The highest BCUT2D eigenvalue weighted by Crippen LogP contribution is 2.42. The lowest BCUT2D eigenvalue weighted by molar-refractivity contribution is -0.603. The van der Waals surface area contributed by atoms with Crippen molar-refractivity contribution < 1.29 is 39.5 Å². The molecule has 12 rings (SSSR count). The van der Waals surface area contributed by atoms with E-state index in [2.05, 4.69) is 24.5 Å². The van der Waals surface area contributed by atoms with Crippen molar-refractivity contribution in [2.45, 2.75) is 40.9 Å². The van der Waals surface area contributed by atoms with Gasteiger partial charge < -0.3 is 14.9 Å². The van der Waals surface area contributed by atoms with Crippen molar-refractivity contribution in [2.24, 2.45) is 0 Å². The number of hydrogen-bond acceptors (Lipinski definition) is 11. The first-order valence-electron chi connectivity index (χ1n) is 24.1. The predicted molar refractivity (Wildman–Crippen MR) is 308 cm³/mol. The molecular weight excluding hydrogens is 1160 g/mol. The maximum Gasteiger partial charge on any atom is 0.309 e. The molecular formula is C56H38Cl3N9O10S3. The summed E-state index contributed by atoms with van der Waals surface area (Å²) in [6, 6.07) is 28.3. The topological polar surface area (TPSA) is 224 Å². The van der Waals surface area contributed by atoms with Gasteiger partial charge in [0.2, 0.25) is 5.88 Å². The Morgan fingerprint density at radius 2 is 1.02 bits per heavy atom. The number of ether oxygens (including phenoxy) is 1. The summed E-state index contributed by atoms with van der Waals surface area (Å²) in [6.07, 6.45) is 7.01. The van der Waals surface area contributed by atoms with Gasteiger partial charge in [0.25, 0.3) is 35.6 Å². The summed E-state index contributed by atoms with van der Waals surface area (Å²) >= 11 is 18.4. The highest BCUT2D eigenvalue weighted by molar-refractivity contribution is 7.93. The zero-order chi connectivity index (χ0) is 57.7. The molecule has 0 spiro atoms. The van der Waals surface area contributed by atoms with Crippen LogP contribution in [0.5, 0.6) is 5.88 Å². The van der Waals surface area contributed by atoms with Crippen LogP contribution in [0.25, 0.3) is 46.9 Å². The van der Waals surface area contributed by atoms with Gasteiger partial charge in [-0.25, -0.2) is 44.8 Å². The highest BCUT2D eigenvalue weighted by atomic mass is 35.5. The van der Waals surface area contributed by atoms with E-state index in [0.717, 1.165) is 16.7 Å². The lowest BCUT2D eigenvalue weighted by Crippen LogP contribution is -2.29. The predicted octanol–water partition coefficient (Wildman–Crippen LogP) is 11.0. The van der Waals surface area contributed by atoms with Gasteiger partial charge in [0.05, 0.1) is 34.4 Å². The van der Waals surface area contributed by atoms with E-state index < -0.39 is 41.6 Å². The van der Waals surface area contributed by atoms with Crippen molar-refractivity contribution in [1.82, 2.24) is 9.97 Å². The van der Waals surface area contributed by atoms with E-state index in [9.17, 15) is 40.0 Å². The van der Waals surface area contributed by atoms with E-state index >= 15 is 0 Å². The van der Waals surface area contributed by atoms with E-state index in [1.807, 2.05) is 0 Å². The smallest absolute Gasteiger partial charge is 0.309 e. The Bertz CT molecular complexity index is 4710. The fourth-order valence-corrected chi connectivity index (χ4v) is 15.9. The second-order valence-electron chi connectivity index (χ2n) is 18.3. The highest BCUT2D eigenvalue weighted by Gasteiger charge is 2.36. The molecule has 81 heavy (non-hydrogen) atoms. The molecule has 0 bridgehead atoms. The van der Waals surface area contributed by atoms with E-state index in [1.165, 1.54) is 87.1 Å². The van der Waals surface area contributed by atoms with Crippen LogP contribution >= 0.6 is 34.8 Å². The molecule has 0 radical (unpaired) electrons. The second kappa shape index (κ2) is 21.7. The third-order valence-electron chi connectivity index (χ3n) is 13.5. The molecule has 3 aliphatic heterocycles. The van der Waals surface area contributed by atoms with Gasteiger partial charge in [-0.15, -0.1) is 0 Å². The molecule has 3 aromatic heterocycles. The van der Waals surface area contributed by atoms with Gasteiger partial charge in [-0.2, -0.15) is 4.73 Å². The average Bonchev–Trinajstić information content (AvgIpc) is 4.36. The number of halogens is 3. The Morgan fingerprint density at radius 1 is 0.593 bits per heavy atom. The van der Waals surface area contributed by atoms with Gasteiger partial charge in [-0.1, -0.05) is 71.2 Å². The van der Waals surface area contributed by atoms with Crippen molar-refractivity contribution >= 4 is 137 Å². The molecule has 6 aromatic carbocycles. The molecule has 3 aliphatic rings. The number of aromatic amines is 1. The molecule has 0 saturated carbocycles. The minimum absolute atomic E-state index is 0.00827. The van der Waals surface area contributed by atoms with Gasteiger partial charge in [-0.3, -0.25) is 22.5 Å². The first-order valence-corrected chi connectivity index (χ1v) is 29.6. The Hall–Kier alpha value is -8.79. The number of fused-ring (bicyclic) bond motifs is 6. The molecule has 1 N–H and O–H groups in total. The fourth-order valence-electron chi connectivity index (χ4n) is 9.83. The van der Waals surface area contributed by atoms with Crippen LogP contribution in [0.4, 0.5) is 34.1 Å². The van der Waals surface area contributed by atoms with E-state index in [0.29, 0.717) is 91.6 Å². The summed E-state index contributed by atoms with van der Waals surface area (Å²) in [6.45, 7) is 23.6.